The van der Waals surface area contributed by atoms with Crippen LogP contribution in [-0.2, 0) is 6.42 Å². The Morgan fingerprint density at radius 1 is 0.905 bits per heavy atom. The van der Waals surface area contributed by atoms with Gasteiger partial charge in [0.25, 0.3) is 0 Å². The van der Waals surface area contributed by atoms with Gasteiger partial charge < -0.3 is 0 Å². The van der Waals surface area contributed by atoms with Crippen LogP contribution in [0.5, 0.6) is 0 Å². The molecule has 0 aliphatic heterocycles. The zero-order valence-electron chi connectivity index (χ0n) is 13.0. The van der Waals surface area contributed by atoms with Crippen molar-refractivity contribution < 1.29 is 0 Å². The molecule has 0 N–H and O–H groups in total. The molecule has 2 aromatic carbocycles. The molecule has 0 heteroatoms. The molecule has 0 radical (unpaired) electrons. The fourth-order valence-corrected chi connectivity index (χ4v) is 2.65. The summed E-state index contributed by atoms with van der Waals surface area (Å²) < 4.78 is 0. The molecule has 0 nitrogen and oxygen atoms in total. The maximum atomic E-state index is 2.41. The number of rotatable bonds is 8. The van der Waals surface area contributed by atoms with E-state index in [9.17, 15) is 0 Å². The first-order valence-corrected chi connectivity index (χ1v) is 8.15. The molecule has 1 atom stereocenters. The number of hydrogen-bond acceptors (Lipinski definition) is 0. The number of benzene rings is 2. The standard InChI is InChI=1S/C21H26/c1-2-3-15-20(21-16-8-5-9-17-21)18-11-10-14-19-12-6-4-7-13-19/h4-9,11-13,16-18,20H,2-3,10,14-15H2,1H3. The van der Waals surface area contributed by atoms with Crippen molar-refractivity contribution in [2.45, 2.75) is 44.9 Å². The molecule has 0 bridgehead atoms. The van der Waals surface area contributed by atoms with Gasteiger partial charge >= 0.3 is 0 Å². The van der Waals surface area contributed by atoms with E-state index in [1.807, 2.05) is 0 Å². The topological polar surface area (TPSA) is 0 Å². The highest BCUT2D eigenvalue weighted by Crippen LogP contribution is 2.23. The van der Waals surface area contributed by atoms with E-state index in [0.29, 0.717) is 5.92 Å². The Bertz CT molecular complexity index is 510. The van der Waals surface area contributed by atoms with Crippen LogP contribution in [0.3, 0.4) is 0 Å². The van der Waals surface area contributed by atoms with Crippen LogP contribution < -0.4 is 0 Å². The molecule has 0 heterocycles. The average molecular weight is 278 g/mol. The van der Waals surface area contributed by atoms with E-state index in [-0.39, 0.29) is 0 Å². The Balaban J connectivity index is 1.90. The van der Waals surface area contributed by atoms with E-state index in [1.54, 1.807) is 0 Å². The van der Waals surface area contributed by atoms with E-state index in [2.05, 4.69) is 79.7 Å². The van der Waals surface area contributed by atoms with E-state index in [1.165, 1.54) is 30.4 Å². The van der Waals surface area contributed by atoms with Crippen LogP contribution in [0.2, 0.25) is 0 Å². The molecule has 0 aromatic heterocycles. The second-order valence-electron chi connectivity index (χ2n) is 5.61. The minimum absolute atomic E-state index is 0.571. The number of allylic oxidation sites excluding steroid dienone is 2. The van der Waals surface area contributed by atoms with Gasteiger partial charge in [-0.2, -0.15) is 0 Å². The zero-order valence-corrected chi connectivity index (χ0v) is 13.0. The minimum Gasteiger partial charge on any atom is -0.0876 e. The second-order valence-corrected chi connectivity index (χ2v) is 5.61. The quantitative estimate of drug-likeness (QED) is 0.508. The molecule has 0 aliphatic rings. The van der Waals surface area contributed by atoms with Crippen molar-refractivity contribution in [2.75, 3.05) is 0 Å². The van der Waals surface area contributed by atoms with Crippen molar-refractivity contribution in [3.63, 3.8) is 0 Å². The third kappa shape index (κ3) is 5.59. The van der Waals surface area contributed by atoms with Gasteiger partial charge in [-0.1, -0.05) is 92.6 Å². The van der Waals surface area contributed by atoms with Crippen molar-refractivity contribution >= 4 is 0 Å². The Labute approximate surface area is 129 Å². The average Bonchev–Trinajstić information content (AvgIpc) is 2.56. The maximum Gasteiger partial charge on any atom is 0.00179 e. The lowest BCUT2D eigenvalue weighted by Gasteiger charge is -2.12. The van der Waals surface area contributed by atoms with E-state index >= 15 is 0 Å². The summed E-state index contributed by atoms with van der Waals surface area (Å²) in [4.78, 5) is 0. The molecule has 21 heavy (non-hydrogen) atoms. The van der Waals surface area contributed by atoms with Gasteiger partial charge in [-0.15, -0.1) is 0 Å². The molecule has 0 saturated heterocycles. The van der Waals surface area contributed by atoms with Crippen LogP contribution in [0.15, 0.2) is 72.8 Å². The van der Waals surface area contributed by atoms with E-state index in [0.717, 1.165) is 12.8 Å². The summed E-state index contributed by atoms with van der Waals surface area (Å²) in [5.74, 6) is 0.571. The number of aryl methyl sites for hydroxylation is 1. The van der Waals surface area contributed by atoms with Gasteiger partial charge in [0.1, 0.15) is 0 Å². The van der Waals surface area contributed by atoms with Crippen molar-refractivity contribution in [3.8, 4) is 0 Å². The Morgan fingerprint density at radius 3 is 2.24 bits per heavy atom. The Morgan fingerprint density at radius 2 is 1.57 bits per heavy atom. The lowest BCUT2D eigenvalue weighted by molar-refractivity contribution is 0.662. The highest BCUT2D eigenvalue weighted by molar-refractivity contribution is 5.24. The molecule has 110 valence electrons. The predicted molar refractivity (Wildman–Crippen MR) is 92.6 cm³/mol. The molecule has 0 amide bonds. The maximum absolute atomic E-state index is 2.41. The van der Waals surface area contributed by atoms with Gasteiger partial charge in [-0.25, -0.2) is 0 Å². The lowest BCUT2D eigenvalue weighted by Crippen LogP contribution is -1.95. The number of hydrogen-bond donors (Lipinski definition) is 0. The van der Waals surface area contributed by atoms with Gasteiger partial charge in [0, 0.05) is 5.92 Å². The summed E-state index contributed by atoms with van der Waals surface area (Å²) >= 11 is 0. The highest BCUT2D eigenvalue weighted by atomic mass is 14.1. The highest BCUT2D eigenvalue weighted by Gasteiger charge is 2.06. The summed E-state index contributed by atoms with van der Waals surface area (Å²) in [6, 6.07) is 21.6. The van der Waals surface area contributed by atoms with Gasteiger partial charge in [0.05, 0.1) is 0 Å². The molecular formula is C21H26. The normalized spacial score (nSPS) is 12.6. The lowest BCUT2D eigenvalue weighted by atomic mass is 9.93. The molecule has 0 saturated carbocycles. The minimum atomic E-state index is 0.571. The first kappa shape index (κ1) is 15.6. The first-order chi connectivity index (χ1) is 10.4. The third-order valence-electron chi connectivity index (χ3n) is 3.91. The third-order valence-corrected chi connectivity index (χ3v) is 3.91. The van der Waals surface area contributed by atoms with Crippen molar-refractivity contribution in [1.82, 2.24) is 0 Å². The summed E-state index contributed by atoms with van der Waals surface area (Å²) in [6.07, 6.45) is 10.8. The van der Waals surface area contributed by atoms with Crippen LogP contribution >= 0.6 is 0 Å². The monoisotopic (exact) mass is 278 g/mol. The number of unbranched alkanes of at least 4 members (excludes halogenated alkanes) is 1. The van der Waals surface area contributed by atoms with Crippen molar-refractivity contribution in [1.29, 1.82) is 0 Å². The van der Waals surface area contributed by atoms with Gasteiger partial charge in [0.2, 0.25) is 0 Å². The largest absolute Gasteiger partial charge is 0.0876 e. The summed E-state index contributed by atoms with van der Waals surface area (Å²) in [5.41, 5.74) is 2.87. The smallest absolute Gasteiger partial charge is 0.00179 e. The van der Waals surface area contributed by atoms with Gasteiger partial charge in [-0.05, 0) is 30.4 Å². The second kappa shape index (κ2) is 9.18. The molecule has 1 unspecified atom stereocenters. The molecule has 0 spiro atoms. The first-order valence-electron chi connectivity index (χ1n) is 8.15. The predicted octanol–water partition coefficient (Wildman–Crippen LogP) is 6.15. The fraction of sp³-hybridized carbons (Fsp3) is 0.333. The van der Waals surface area contributed by atoms with E-state index in [4.69, 9.17) is 0 Å². The van der Waals surface area contributed by atoms with Gasteiger partial charge in [0.15, 0.2) is 0 Å². The van der Waals surface area contributed by atoms with Crippen LogP contribution in [0.4, 0.5) is 0 Å². The Kier molecular flexibility index (Phi) is 6.80. The SMILES string of the molecule is CCCCC(C=CCCc1ccccc1)c1ccccc1. The summed E-state index contributed by atoms with van der Waals surface area (Å²) in [5, 5.41) is 0. The van der Waals surface area contributed by atoms with Crippen LogP contribution in [0.25, 0.3) is 0 Å². The zero-order chi connectivity index (χ0) is 14.8. The van der Waals surface area contributed by atoms with Crippen LogP contribution in [0, 0.1) is 0 Å². The van der Waals surface area contributed by atoms with Crippen LogP contribution in [0.1, 0.15) is 49.7 Å². The summed E-state index contributed by atoms with van der Waals surface area (Å²) in [6.45, 7) is 2.27. The molecule has 0 aliphatic carbocycles. The fourth-order valence-electron chi connectivity index (χ4n) is 2.65. The Hall–Kier alpha value is -1.82. The van der Waals surface area contributed by atoms with E-state index < -0.39 is 0 Å². The molecular weight excluding hydrogens is 252 g/mol. The van der Waals surface area contributed by atoms with Crippen molar-refractivity contribution in [3.05, 3.63) is 83.9 Å². The molecule has 2 aromatic rings. The molecule has 2 rings (SSSR count). The van der Waals surface area contributed by atoms with Crippen molar-refractivity contribution in [2.24, 2.45) is 0 Å². The van der Waals surface area contributed by atoms with Gasteiger partial charge in [-0.3, -0.25) is 0 Å². The molecule has 0 fully saturated rings. The summed E-state index contributed by atoms with van der Waals surface area (Å²) in [7, 11) is 0. The van der Waals surface area contributed by atoms with Crippen LogP contribution in [-0.4, -0.2) is 0 Å².